The van der Waals surface area contributed by atoms with Crippen molar-refractivity contribution < 1.29 is 19.0 Å². The summed E-state index contributed by atoms with van der Waals surface area (Å²) in [5.41, 5.74) is 1.77. The lowest BCUT2D eigenvalue weighted by Gasteiger charge is -2.09. The number of carbonyl (C=O) groups is 1. The van der Waals surface area contributed by atoms with Crippen molar-refractivity contribution in [2.45, 2.75) is 0 Å². The Labute approximate surface area is 129 Å². The van der Waals surface area contributed by atoms with E-state index in [1.54, 1.807) is 18.3 Å². The van der Waals surface area contributed by atoms with Crippen LogP contribution < -0.4 is 9.47 Å². The van der Waals surface area contributed by atoms with Crippen LogP contribution in [0.4, 0.5) is 0 Å². The number of rotatable bonds is 6. The van der Waals surface area contributed by atoms with Crippen LogP contribution in [0.3, 0.4) is 0 Å². The summed E-state index contributed by atoms with van der Waals surface area (Å²) in [4.78, 5) is 15.7. The van der Waals surface area contributed by atoms with E-state index in [4.69, 9.17) is 14.2 Å². The number of esters is 1. The minimum absolute atomic E-state index is 0.107. The minimum atomic E-state index is -0.474. The van der Waals surface area contributed by atoms with E-state index in [0.29, 0.717) is 11.5 Å². The van der Waals surface area contributed by atoms with Crippen LogP contribution in [0.2, 0.25) is 0 Å². The van der Waals surface area contributed by atoms with E-state index in [-0.39, 0.29) is 6.61 Å². The Hall–Kier alpha value is -2.66. The second-order valence-electron chi connectivity index (χ2n) is 4.41. The Morgan fingerprint density at radius 2 is 2.00 bits per heavy atom. The van der Waals surface area contributed by atoms with Gasteiger partial charge in [0.05, 0.1) is 12.8 Å². The first-order chi connectivity index (χ1) is 10.7. The van der Waals surface area contributed by atoms with Gasteiger partial charge in [0.25, 0.3) is 0 Å². The molecule has 0 saturated heterocycles. The molecule has 0 aliphatic carbocycles. The molecule has 0 aliphatic rings. The van der Waals surface area contributed by atoms with Gasteiger partial charge in [-0.3, -0.25) is 4.98 Å². The molecule has 1 aromatic carbocycles. The summed E-state index contributed by atoms with van der Waals surface area (Å²) in [6, 6.07) is 11.0. The second-order valence-corrected chi connectivity index (χ2v) is 4.41. The Bertz CT molecular complexity index is 653. The Morgan fingerprint density at radius 1 is 1.14 bits per heavy atom. The third-order valence-corrected chi connectivity index (χ3v) is 2.81. The molecule has 0 amide bonds. The highest BCUT2D eigenvalue weighted by atomic mass is 16.6. The van der Waals surface area contributed by atoms with Crippen LogP contribution in [-0.2, 0) is 9.53 Å². The molecule has 1 aromatic heterocycles. The van der Waals surface area contributed by atoms with Gasteiger partial charge in [-0.1, -0.05) is 18.2 Å². The van der Waals surface area contributed by atoms with Gasteiger partial charge in [-0.05, 0) is 35.9 Å². The molecule has 0 bridgehead atoms. The fourth-order valence-corrected chi connectivity index (χ4v) is 1.80. The number of carbonyl (C=O) groups excluding carboxylic acids is 1. The normalized spacial score (nSPS) is 10.6. The Kier molecular flexibility index (Phi) is 5.68. The maximum atomic E-state index is 11.5. The van der Waals surface area contributed by atoms with Crippen molar-refractivity contribution in [3.63, 3.8) is 0 Å². The van der Waals surface area contributed by atoms with E-state index in [1.165, 1.54) is 14.2 Å². The summed E-state index contributed by atoms with van der Waals surface area (Å²) in [5, 5.41) is 0. The molecule has 2 rings (SSSR count). The lowest BCUT2D eigenvalue weighted by Crippen LogP contribution is -2.14. The van der Waals surface area contributed by atoms with Crippen molar-refractivity contribution in [3.05, 3.63) is 53.9 Å². The van der Waals surface area contributed by atoms with E-state index < -0.39 is 5.97 Å². The molecule has 5 nitrogen and oxygen atoms in total. The van der Waals surface area contributed by atoms with Gasteiger partial charge in [-0.2, -0.15) is 0 Å². The molecule has 5 heteroatoms. The first kappa shape index (κ1) is 15.7. The Morgan fingerprint density at radius 3 is 2.68 bits per heavy atom. The predicted molar refractivity (Wildman–Crippen MR) is 83.7 cm³/mol. The van der Waals surface area contributed by atoms with E-state index in [9.17, 15) is 4.79 Å². The molecule has 0 N–H and O–H groups in total. The third-order valence-electron chi connectivity index (χ3n) is 2.81. The molecule has 0 fully saturated rings. The number of hydrogen-bond donors (Lipinski definition) is 0. The van der Waals surface area contributed by atoms with Crippen LogP contribution in [0, 0.1) is 0 Å². The number of aromatic nitrogens is 1. The first-order valence-electron chi connectivity index (χ1n) is 6.69. The van der Waals surface area contributed by atoms with Gasteiger partial charge in [-0.25, -0.2) is 4.79 Å². The summed E-state index contributed by atoms with van der Waals surface area (Å²) >= 11 is 0. The molecule has 0 unspecified atom stereocenters. The fourth-order valence-electron chi connectivity index (χ4n) is 1.80. The number of ether oxygens (including phenoxy) is 3. The summed E-state index contributed by atoms with van der Waals surface area (Å²) < 4.78 is 15.1. The van der Waals surface area contributed by atoms with Gasteiger partial charge in [0.15, 0.2) is 11.5 Å². The molecule has 2 aromatic rings. The average molecular weight is 299 g/mol. The van der Waals surface area contributed by atoms with Gasteiger partial charge in [0, 0.05) is 13.3 Å². The highest BCUT2D eigenvalue weighted by Crippen LogP contribution is 2.28. The van der Waals surface area contributed by atoms with Gasteiger partial charge in [0.1, 0.15) is 6.61 Å². The quantitative estimate of drug-likeness (QED) is 0.606. The maximum Gasteiger partial charge on any atom is 0.337 e. The zero-order chi connectivity index (χ0) is 15.8. The Balaban J connectivity index is 2.15. The monoisotopic (exact) mass is 299 g/mol. The van der Waals surface area contributed by atoms with Crippen LogP contribution in [0.5, 0.6) is 11.5 Å². The van der Waals surface area contributed by atoms with E-state index >= 15 is 0 Å². The molecule has 0 spiro atoms. The third kappa shape index (κ3) is 4.43. The zero-order valence-electron chi connectivity index (χ0n) is 12.5. The lowest BCUT2D eigenvalue weighted by molar-refractivity contribution is -0.138. The number of hydrogen-bond acceptors (Lipinski definition) is 5. The molecule has 0 radical (unpaired) electrons. The van der Waals surface area contributed by atoms with Crippen molar-refractivity contribution in [1.82, 2.24) is 4.98 Å². The van der Waals surface area contributed by atoms with E-state index in [2.05, 4.69) is 4.98 Å². The maximum absolute atomic E-state index is 11.5. The SMILES string of the molecule is COCC(=O)Oc1ccc(/C=C/c2ccccn2)cc1OC. The van der Waals surface area contributed by atoms with Crippen LogP contribution in [-0.4, -0.2) is 31.8 Å². The standard InChI is InChI=1S/C17H17NO4/c1-20-12-17(19)22-15-9-7-13(11-16(15)21-2)6-8-14-5-3-4-10-18-14/h3-11H,12H2,1-2H3/b8-6+. The number of methoxy groups -OCH3 is 2. The smallest absolute Gasteiger partial charge is 0.337 e. The van der Waals surface area contributed by atoms with E-state index in [0.717, 1.165) is 11.3 Å². The highest BCUT2D eigenvalue weighted by Gasteiger charge is 2.10. The first-order valence-corrected chi connectivity index (χ1v) is 6.69. The average Bonchev–Trinajstić information content (AvgIpc) is 2.55. The molecular formula is C17H17NO4. The van der Waals surface area contributed by atoms with Crippen LogP contribution in [0.15, 0.2) is 42.6 Å². The van der Waals surface area contributed by atoms with Crippen LogP contribution in [0.1, 0.15) is 11.3 Å². The number of pyridine rings is 1. The lowest BCUT2D eigenvalue weighted by atomic mass is 10.1. The summed E-state index contributed by atoms with van der Waals surface area (Å²) in [7, 11) is 2.96. The van der Waals surface area contributed by atoms with Crippen molar-refractivity contribution in [2.24, 2.45) is 0 Å². The van der Waals surface area contributed by atoms with Gasteiger partial charge in [0.2, 0.25) is 0 Å². The van der Waals surface area contributed by atoms with Crippen LogP contribution >= 0.6 is 0 Å². The summed E-state index contributed by atoms with van der Waals surface area (Å²) in [6.07, 6.45) is 5.54. The van der Waals surface area contributed by atoms with Crippen molar-refractivity contribution in [2.75, 3.05) is 20.8 Å². The zero-order valence-corrected chi connectivity index (χ0v) is 12.5. The van der Waals surface area contributed by atoms with E-state index in [1.807, 2.05) is 36.4 Å². The summed E-state index contributed by atoms with van der Waals surface area (Å²) in [6.45, 7) is -0.107. The van der Waals surface area contributed by atoms with Gasteiger partial charge >= 0.3 is 5.97 Å². The van der Waals surface area contributed by atoms with Crippen LogP contribution in [0.25, 0.3) is 12.2 Å². The topological polar surface area (TPSA) is 57.7 Å². The fraction of sp³-hybridized carbons (Fsp3) is 0.176. The minimum Gasteiger partial charge on any atom is -0.493 e. The molecule has 0 atom stereocenters. The molecule has 0 aliphatic heterocycles. The van der Waals surface area contributed by atoms with Gasteiger partial charge < -0.3 is 14.2 Å². The largest absolute Gasteiger partial charge is 0.493 e. The van der Waals surface area contributed by atoms with Crippen molar-refractivity contribution in [3.8, 4) is 11.5 Å². The molecule has 1 heterocycles. The highest BCUT2D eigenvalue weighted by molar-refractivity contribution is 5.75. The van der Waals surface area contributed by atoms with Gasteiger partial charge in [-0.15, -0.1) is 0 Å². The molecule has 114 valence electrons. The molecular weight excluding hydrogens is 282 g/mol. The molecule has 0 saturated carbocycles. The summed E-state index contributed by atoms with van der Waals surface area (Å²) in [5.74, 6) is 0.365. The van der Waals surface area contributed by atoms with Crippen molar-refractivity contribution in [1.29, 1.82) is 0 Å². The van der Waals surface area contributed by atoms with Crippen molar-refractivity contribution >= 4 is 18.1 Å². The molecule has 22 heavy (non-hydrogen) atoms. The predicted octanol–water partition coefficient (Wildman–Crippen LogP) is 2.81. The number of benzene rings is 1. The number of nitrogens with zero attached hydrogens (tertiary/aromatic N) is 1. The second kappa shape index (κ2) is 7.95.